The number of carbonyl (C=O) groups is 1. The second-order valence-corrected chi connectivity index (χ2v) is 6.78. The first-order valence-electron chi connectivity index (χ1n) is 9.19. The van der Waals surface area contributed by atoms with Gasteiger partial charge in [0.15, 0.2) is 5.96 Å². The molecule has 2 fully saturated rings. The molecule has 0 aromatic heterocycles. The van der Waals surface area contributed by atoms with Crippen LogP contribution in [0, 0.1) is 5.92 Å². The van der Waals surface area contributed by atoms with Gasteiger partial charge in [-0.1, -0.05) is 25.0 Å². The molecular formula is C19H28N4O. The van der Waals surface area contributed by atoms with Crippen molar-refractivity contribution in [2.45, 2.75) is 58.0 Å². The summed E-state index contributed by atoms with van der Waals surface area (Å²) in [5.41, 5.74) is 1.98. The maximum Gasteiger partial charge on any atom is 0.227 e. The quantitative estimate of drug-likeness (QED) is 0.555. The zero-order valence-corrected chi connectivity index (χ0v) is 14.5. The van der Waals surface area contributed by atoms with Crippen LogP contribution in [0.3, 0.4) is 0 Å². The van der Waals surface area contributed by atoms with Crippen LogP contribution in [0.1, 0.15) is 51.0 Å². The first-order chi connectivity index (χ1) is 11.7. The van der Waals surface area contributed by atoms with Crippen molar-refractivity contribution in [2.75, 3.05) is 11.9 Å². The van der Waals surface area contributed by atoms with Gasteiger partial charge in [0.25, 0.3) is 0 Å². The summed E-state index contributed by atoms with van der Waals surface area (Å²) in [6.07, 6.45) is 6.85. The molecule has 5 nitrogen and oxygen atoms in total. The zero-order chi connectivity index (χ0) is 16.8. The molecule has 0 bridgehead atoms. The van der Waals surface area contributed by atoms with E-state index in [0.717, 1.165) is 36.6 Å². The van der Waals surface area contributed by atoms with Gasteiger partial charge in [0.05, 0.1) is 6.54 Å². The lowest BCUT2D eigenvalue weighted by Crippen LogP contribution is -2.38. The first kappa shape index (κ1) is 16.8. The molecule has 24 heavy (non-hydrogen) atoms. The van der Waals surface area contributed by atoms with Gasteiger partial charge < -0.3 is 16.0 Å². The van der Waals surface area contributed by atoms with Gasteiger partial charge in [0, 0.05) is 24.2 Å². The third kappa shape index (κ3) is 4.98. The highest BCUT2D eigenvalue weighted by atomic mass is 16.1. The van der Waals surface area contributed by atoms with E-state index in [9.17, 15) is 4.79 Å². The number of nitrogens with zero attached hydrogens (tertiary/aromatic N) is 1. The number of aliphatic imine (C=N–C) groups is 1. The van der Waals surface area contributed by atoms with Crippen LogP contribution in [-0.2, 0) is 11.3 Å². The second kappa shape index (κ2) is 8.18. The molecule has 0 spiro atoms. The number of amides is 1. The molecule has 0 unspecified atom stereocenters. The molecule has 0 radical (unpaired) electrons. The molecule has 2 aliphatic carbocycles. The molecular weight excluding hydrogens is 300 g/mol. The third-order valence-corrected chi connectivity index (χ3v) is 4.60. The lowest BCUT2D eigenvalue weighted by Gasteiger charge is -2.12. The highest BCUT2D eigenvalue weighted by Gasteiger charge is 2.23. The Morgan fingerprint density at radius 1 is 1.21 bits per heavy atom. The summed E-state index contributed by atoms with van der Waals surface area (Å²) in [4.78, 5) is 16.9. The van der Waals surface area contributed by atoms with E-state index in [1.54, 1.807) is 0 Å². The summed E-state index contributed by atoms with van der Waals surface area (Å²) in [6.45, 7) is 3.54. The Bertz CT molecular complexity index is 589. The summed E-state index contributed by atoms with van der Waals surface area (Å²) in [6, 6.07) is 8.59. The Morgan fingerprint density at radius 3 is 2.71 bits per heavy atom. The fourth-order valence-corrected chi connectivity index (χ4v) is 3.09. The molecule has 5 heteroatoms. The lowest BCUT2D eigenvalue weighted by molar-refractivity contribution is -0.119. The molecule has 1 aromatic carbocycles. The average Bonchev–Trinajstić information content (AvgIpc) is 3.22. The van der Waals surface area contributed by atoms with Crippen molar-refractivity contribution in [3.8, 4) is 0 Å². The molecule has 2 saturated carbocycles. The standard InChI is InChI=1S/C19H28N4O/c1-2-20-19(23-16-10-11-16)21-13-14-6-5-9-17(12-14)22-18(24)15-7-3-4-8-15/h5-6,9,12,15-16H,2-4,7-8,10-11,13H2,1H3,(H,22,24)(H2,20,21,23). The number of hydrogen-bond donors (Lipinski definition) is 3. The van der Waals surface area contributed by atoms with Gasteiger partial charge in [-0.25, -0.2) is 4.99 Å². The minimum Gasteiger partial charge on any atom is -0.357 e. The van der Waals surface area contributed by atoms with E-state index in [1.165, 1.54) is 25.7 Å². The number of guanidine groups is 1. The highest BCUT2D eigenvalue weighted by Crippen LogP contribution is 2.26. The Morgan fingerprint density at radius 2 is 2.00 bits per heavy atom. The van der Waals surface area contributed by atoms with Crippen LogP contribution in [0.2, 0.25) is 0 Å². The molecule has 0 heterocycles. The molecule has 0 atom stereocenters. The van der Waals surface area contributed by atoms with Crippen molar-refractivity contribution in [1.82, 2.24) is 10.6 Å². The molecule has 3 rings (SSSR count). The van der Waals surface area contributed by atoms with Gasteiger partial charge in [0.2, 0.25) is 5.91 Å². The molecule has 3 N–H and O–H groups in total. The summed E-state index contributed by atoms with van der Waals surface area (Å²) < 4.78 is 0. The van der Waals surface area contributed by atoms with Crippen molar-refractivity contribution in [1.29, 1.82) is 0 Å². The van der Waals surface area contributed by atoms with Crippen molar-refractivity contribution < 1.29 is 4.79 Å². The van der Waals surface area contributed by atoms with E-state index in [2.05, 4.69) is 33.9 Å². The SMILES string of the molecule is CCNC(=NCc1cccc(NC(=O)C2CCCC2)c1)NC1CC1. The molecule has 1 amide bonds. The van der Waals surface area contributed by atoms with Crippen LogP contribution < -0.4 is 16.0 Å². The van der Waals surface area contributed by atoms with Crippen molar-refractivity contribution in [2.24, 2.45) is 10.9 Å². The smallest absolute Gasteiger partial charge is 0.227 e. The maximum atomic E-state index is 12.2. The maximum absolute atomic E-state index is 12.2. The summed E-state index contributed by atoms with van der Waals surface area (Å²) in [5, 5.41) is 9.75. The van der Waals surface area contributed by atoms with Crippen LogP contribution in [0.4, 0.5) is 5.69 Å². The normalized spacial score (nSPS) is 18.5. The molecule has 1 aromatic rings. The molecule has 2 aliphatic rings. The Labute approximate surface area is 144 Å². The Kier molecular flexibility index (Phi) is 5.72. The van der Waals surface area contributed by atoms with E-state index < -0.39 is 0 Å². The molecule has 0 aliphatic heterocycles. The van der Waals surface area contributed by atoms with Crippen LogP contribution in [0.15, 0.2) is 29.3 Å². The number of carbonyl (C=O) groups excluding carboxylic acids is 1. The van der Waals surface area contributed by atoms with Crippen LogP contribution in [0.25, 0.3) is 0 Å². The molecule has 0 saturated heterocycles. The van der Waals surface area contributed by atoms with E-state index in [0.29, 0.717) is 12.6 Å². The zero-order valence-electron chi connectivity index (χ0n) is 14.5. The number of benzene rings is 1. The van der Waals surface area contributed by atoms with Crippen LogP contribution in [0.5, 0.6) is 0 Å². The number of hydrogen-bond acceptors (Lipinski definition) is 2. The van der Waals surface area contributed by atoms with Gasteiger partial charge in [-0.3, -0.25) is 4.79 Å². The largest absolute Gasteiger partial charge is 0.357 e. The van der Waals surface area contributed by atoms with Gasteiger partial charge in [-0.2, -0.15) is 0 Å². The van der Waals surface area contributed by atoms with E-state index in [1.807, 2.05) is 18.2 Å². The van der Waals surface area contributed by atoms with E-state index in [-0.39, 0.29) is 11.8 Å². The van der Waals surface area contributed by atoms with Crippen molar-refractivity contribution in [3.05, 3.63) is 29.8 Å². The number of nitrogens with one attached hydrogen (secondary N) is 3. The van der Waals surface area contributed by atoms with Gasteiger partial charge in [-0.15, -0.1) is 0 Å². The van der Waals surface area contributed by atoms with Gasteiger partial charge in [-0.05, 0) is 50.3 Å². The Balaban J connectivity index is 1.58. The van der Waals surface area contributed by atoms with Crippen LogP contribution >= 0.6 is 0 Å². The fraction of sp³-hybridized carbons (Fsp3) is 0.579. The molecule has 130 valence electrons. The van der Waals surface area contributed by atoms with E-state index in [4.69, 9.17) is 0 Å². The third-order valence-electron chi connectivity index (χ3n) is 4.60. The van der Waals surface area contributed by atoms with Gasteiger partial charge >= 0.3 is 0 Å². The van der Waals surface area contributed by atoms with E-state index >= 15 is 0 Å². The van der Waals surface area contributed by atoms with Crippen LogP contribution in [-0.4, -0.2) is 24.5 Å². The predicted molar refractivity (Wildman–Crippen MR) is 98.0 cm³/mol. The number of rotatable bonds is 6. The Hall–Kier alpha value is -2.04. The first-order valence-corrected chi connectivity index (χ1v) is 9.19. The second-order valence-electron chi connectivity index (χ2n) is 6.78. The monoisotopic (exact) mass is 328 g/mol. The topological polar surface area (TPSA) is 65.5 Å². The summed E-state index contributed by atoms with van der Waals surface area (Å²) in [7, 11) is 0. The van der Waals surface area contributed by atoms with Crippen molar-refractivity contribution >= 4 is 17.6 Å². The minimum atomic E-state index is 0.164. The highest BCUT2D eigenvalue weighted by molar-refractivity contribution is 5.92. The summed E-state index contributed by atoms with van der Waals surface area (Å²) in [5.74, 6) is 1.23. The minimum absolute atomic E-state index is 0.164. The summed E-state index contributed by atoms with van der Waals surface area (Å²) >= 11 is 0. The van der Waals surface area contributed by atoms with Gasteiger partial charge in [0.1, 0.15) is 0 Å². The van der Waals surface area contributed by atoms with Crippen molar-refractivity contribution in [3.63, 3.8) is 0 Å². The predicted octanol–water partition coefficient (Wildman–Crippen LogP) is 3.03. The lowest BCUT2D eigenvalue weighted by atomic mass is 10.1. The number of anilines is 1. The fourth-order valence-electron chi connectivity index (χ4n) is 3.09. The average molecular weight is 328 g/mol.